The Morgan fingerprint density at radius 3 is 2.44 bits per heavy atom. The summed E-state index contributed by atoms with van der Waals surface area (Å²) in [4.78, 5) is 0. The first-order chi connectivity index (χ1) is 8.52. The van der Waals surface area contributed by atoms with E-state index in [1.807, 2.05) is 0 Å². The Kier molecular flexibility index (Phi) is 2.60. The molecule has 18 heavy (non-hydrogen) atoms. The molecule has 0 radical (unpaired) electrons. The Morgan fingerprint density at radius 1 is 1.22 bits per heavy atom. The predicted octanol–water partition coefficient (Wildman–Crippen LogP) is 3.78. The van der Waals surface area contributed by atoms with Gasteiger partial charge in [0.15, 0.2) is 0 Å². The van der Waals surface area contributed by atoms with Crippen LogP contribution in [0.5, 0.6) is 0 Å². The standard InChI is InChI=1S/C16H19FO/c1-10(2)15-11-3-8-14(15)16(18,9-11)12-4-6-13(17)7-5-12/h4-7,11,14,18H,3,8-9H2,1-2H3/t11-,14-,16+/m1/s1. The average molecular weight is 246 g/mol. The summed E-state index contributed by atoms with van der Waals surface area (Å²) in [5.41, 5.74) is 2.89. The topological polar surface area (TPSA) is 20.2 Å². The van der Waals surface area contributed by atoms with E-state index >= 15 is 0 Å². The Hall–Kier alpha value is -1.15. The number of allylic oxidation sites excluding steroid dienone is 1. The van der Waals surface area contributed by atoms with E-state index in [4.69, 9.17) is 0 Å². The van der Waals surface area contributed by atoms with Gasteiger partial charge in [-0.1, -0.05) is 23.3 Å². The number of halogens is 1. The van der Waals surface area contributed by atoms with Gasteiger partial charge in [0, 0.05) is 5.92 Å². The van der Waals surface area contributed by atoms with Crippen LogP contribution in [0.25, 0.3) is 0 Å². The van der Waals surface area contributed by atoms with E-state index < -0.39 is 5.60 Å². The summed E-state index contributed by atoms with van der Waals surface area (Å²) in [5, 5.41) is 11.0. The maximum absolute atomic E-state index is 13.0. The molecule has 0 saturated heterocycles. The summed E-state index contributed by atoms with van der Waals surface area (Å²) < 4.78 is 13.0. The fourth-order valence-corrected chi connectivity index (χ4v) is 4.00. The molecular formula is C16H19FO. The first-order valence-electron chi connectivity index (χ1n) is 6.68. The Morgan fingerprint density at radius 2 is 1.89 bits per heavy atom. The Labute approximate surface area is 107 Å². The van der Waals surface area contributed by atoms with Crippen molar-refractivity contribution in [2.75, 3.05) is 0 Å². The predicted molar refractivity (Wildman–Crippen MR) is 69.5 cm³/mol. The van der Waals surface area contributed by atoms with Crippen LogP contribution in [-0.2, 0) is 5.60 Å². The summed E-state index contributed by atoms with van der Waals surface area (Å²) in [6.07, 6.45) is 3.04. The molecule has 2 aliphatic carbocycles. The zero-order valence-electron chi connectivity index (χ0n) is 10.9. The molecule has 1 nitrogen and oxygen atoms in total. The fourth-order valence-electron chi connectivity index (χ4n) is 4.00. The van der Waals surface area contributed by atoms with Crippen LogP contribution in [0.15, 0.2) is 35.4 Å². The molecule has 0 heterocycles. The van der Waals surface area contributed by atoms with Crippen LogP contribution in [0, 0.1) is 17.7 Å². The van der Waals surface area contributed by atoms with Crippen molar-refractivity contribution in [3.05, 3.63) is 46.8 Å². The Balaban J connectivity index is 2.03. The summed E-state index contributed by atoms with van der Waals surface area (Å²) in [5.74, 6) is 0.515. The minimum atomic E-state index is -0.775. The molecule has 1 N–H and O–H groups in total. The first kappa shape index (κ1) is 11.9. The molecule has 3 rings (SSSR count). The van der Waals surface area contributed by atoms with E-state index in [2.05, 4.69) is 13.8 Å². The highest BCUT2D eigenvalue weighted by Crippen LogP contribution is 2.59. The minimum absolute atomic E-state index is 0.234. The lowest BCUT2D eigenvalue weighted by Crippen LogP contribution is -2.32. The lowest BCUT2D eigenvalue weighted by atomic mass is 9.78. The summed E-state index contributed by atoms with van der Waals surface area (Å²) in [6.45, 7) is 4.27. The minimum Gasteiger partial charge on any atom is -0.385 e. The average Bonchev–Trinajstić information content (AvgIpc) is 2.85. The van der Waals surface area contributed by atoms with Crippen molar-refractivity contribution < 1.29 is 9.50 Å². The third-order valence-corrected chi connectivity index (χ3v) is 4.67. The maximum atomic E-state index is 13.0. The van der Waals surface area contributed by atoms with E-state index in [-0.39, 0.29) is 11.7 Å². The molecular weight excluding hydrogens is 227 g/mol. The number of hydrogen-bond acceptors (Lipinski definition) is 1. The zero-order valence-corrected chi connectivity index (χ0v) is 10.9. The molecule has 0 spiro atoms. The Bertz CT molecular complexity index is 498. The monoisotopic (exact) mass is 246 g/mol. The normalized spacial score (nSPS) is 34.1. The smallest absolute Gasteiger partial charge is 0.123 e. The number of fused-ring (bicyclic) bond motifs is 2. The second kappa shape index (κ2) is 3.92. The van der Waals surface area contributed by atoms with Crippen LogP contribution in [0.4, 0.5) is 4.39 Å². The van der Waals surface area contributed by atoms with Crippen LogP contribution in [0.3, 0.4) is 0 Å². The summed E-state index contributed by atoms with van der Waals surface area (Å²) in [7, 11) is 0. The molecule has 1 aromatic carbocycles. The number of rotatable bonds is 1. The van der Waals surface area contributed by atoms with Crippen molar-refractivity contribution in [2.24, 2.45) is 11.8 Å². The molecule has 96 valence electrons. The van der Waals surface area contributed by atoms with Gasteiger partial charge in [-0.05, 0) is 56.7 Å². The molecule has 2 saturated carbocycles. The van der Waals surface area contributed by atoms with Crippen LogP contribution in [0.2, 0.25) is 0 Å². The van der Waals surface area contributed by atoms with E-state index in [0.717, 1.165) is 18.4 Å². The van der Waals surface area contributed by atoms with Crippen LogP contribution in [0.1, 0.15) is 38.7 Å². The summed E-state index contributed by atoms with van der Waals surface area (Å²) in [6, 6.07) is 6.36. The van der Waals surface area contributed by atoms with Crippen LogP contribution >= 0.6 is 0 Å². The molecule has 0 amide bonds. The lowest BCUT2D eigenvalue weighted by molar-refractivity contribution is -0.0147. The molecule has 3 atom stereocenters. The van der Waals surface area contributed by atoms with Gasteiger partial charge in [0.2, 0.25) is 0 Å². The fraction of sp³-hybridized carbons (Fsp3) is 0.500. The SMILES string of the molecule is CC(C)=C1[C@@H]2CC[C@H]1[C@@](O)(c1ccc(F)cc1)C2. The van der Waals surface area contributed by atoms with Crippen molar-refractivity contribution in [1.82, 2.24) is 0 Å². The maximum Gasteiger partial charge on any atom is 0.123 e. The molecule has 0 aliphatic heterocycles. The van der Waals surface area contributed by atoms with Crippen molar-refractivity contribution in [3.8, 4) is 0 Å². The third kappa shape index (κ3) is 1.55. The highest BCUT2D eigenvalue weighted by Gasteiger charge is 2.54. The second-order valence-corrected chi connectivity index (χ2v) is 5.92. The van der Waals surface area contributed by atoms with Gasteiger partial charge in [-0.3, -0.25) is 0 Å². The molecule has 2 bridgehead atoms. The van der Waals surface area contributed by atoms with Gasteiger partial charge in [-0.2, -0.15) is 0 Å². The van der Waals surface area contributed by atoms with Crippen molar-refractivity contribution in [1.29, 1.82) is 0 Å². The highest BCUT2D eigenvalue weighted by atomic mass is 19.1. The molecule has 0 unspecified atom stereocenters. The number of aliphatic hydroxyl groups is 1. The van der Waals surface area contributed by atoms with Crippen LogP contribution in [-0.4, -0.2) is 5.11 Å². The van der Waals surface area contributed by atoms with Gasteiger partial charge < -0.3 is 5.11 Å². The van der Waals surface area contributed by atoms with Crippen molar-refractivity contribution >= 4 is 0 Å². The lowest BCUT2D eigenvalue weighted by Gasteiger charge is -2.32. The van der Waals surface area contributed by atoms with Crippen molar-refractivity contribution in [2.45, 2.75) is 38.7 Å². The molecule has 2 aliphatic rings. The van der Waals surface area contributed by atoms with Gasteiger partial charge in [0.1, 0.15) is 5.82 Å². The molecule has 1 aromatic rings. The van der Waals surface area contributed by atoms with E-state index in [1.54, 1.807) is 12.1 Å². The van der Waals surface area contributed by atoms with Crippen LogP contribution < -0.4 is 0 Å². The second-order valence-electron chi connectivity index (χ2n) is 5.92. The molecule has 2 fully saturated rings. The molecule has 2 heteroatoms. The van der Waals surface area contributed by atoms with Gasteiger partial charge in [0.05, 0.1) is 5.60 Å². The van der Waals surface area contributed by atoms with Gasteiger partial charge >= 0.3 is 0 Å². The largest absolute Gasteiger partial charge is 0.385 e. The zero-order chi connectivity index (χ0) is 12.9. The van der Waals surface area contributed by atoms with Crippen molar-refractivity contribution in [3.63, 3.8) is 0 Å². The number of benzene rings is 1. The van der Waals surface area contributed by atoms with E-state index in [1.165, 1.54) is 29.7 Å². The third-order valence-electron chi connectivity index (χ3n) is 4.67. The van der Waals surface area contributed by atoms with E-state index in [0.29, 0.717) is 5.92 Å². The van der Waals surface area contributed by atoms with Gasteiger partial charge in [0.25, 0.3) is 0 Å². The van der Waals surface area contributed by atoms with Gasteiger partial charge in [-0.15, -0.1) is 0 Å². The quantitative estimate of drug-likeness (QED) is 0.748. The summed E-state index contributed by atoms with van der Waals surface area (Å²) >= 11 is 0. The van der Waals surface area contributed by atoms with E-state index in [9.17, 15) is 9.50 Å². The number of hydrogen-bond donors (Lipinski definition) is 1. The van der Waals surface area contributed by atoms with Gasteiger partial charge in [-0.25, -0.2) is 4.39 Å². The first-order valence-corrected chi connectivity index (χ1v) is 6.68. The highest BCUT2D eigenvalue weighted by molar-refractivity contribution is 5.37. The molecule has 0 aromatic heterocycles.